The van der Waals surface area contributed by atoms with Gasteiger partial charge in [0.05, 0.1) is 13.2 Å². The Morgan fingerprint density at radius 3 is 2.04 bits per heavy atom. The lowest BCUT2D eigenvalue weighted by atomic mass is 9.90. The van der Waals surface area contributed by atoms with Crippen molar-refractivity contribution in [1.29, 1.82) is 0 Å². The maximum Gasteiger partial charge on any atom is 0.322 e. The average molecular weight is 371 g/mol. The third-order valence-corrected chi connectivity index (χ3v) is 5.59. The lowest BCUT2D eigenvalue weighted by molar-refractivity contribution is -0.147. The van der Waals surface area contributed by atoms with Gasteiger partial charge in [-0.1, -0.05) is 85.0 Å². The minimum absolute atomic E-state index is 0.0204. The summed E-state index contributed by atoms with van der Waals surface area (Å²) >= 11 is 0. The number of esters is 1. The first-order chi connectivity index (χ1) is 13.7. The van der Waals surface area contributed by atoms with Gasteiger partial charge in [-0.05, 0) is 35.6 Å². The van der Waals surface area contributed by atoms with E-state index in [1.807, 2.05) is 6.92 Å². The number of nitrogens with zero attached hydrogens (tertiary/aromatic N) is 1. The zero-order valence-electron chi connectivity index (χ0n) is 16.3. The molecule has 4 rings (SSSR count). The van der Waals surface area contributed by atoms with Crippen molar-refractivity contribution in [2.24, 2.45) is 0 Å². The highest BCUT2D eigenvalue weighted by Crippen LogP contribution is 2.40. The second kappa shape index (κ2) is 7.99. The van der Waals surface area contributed by atoms with Crippen LogP contribution in [-0.2, 0) is 9.53 Å². The molecule has 0 amide bonds. The van der Waals surface area contributed by atoms with E-state index in [2.05, 4.69) is 89.9 Å². The Hall–Kier alpha value is -2.91. The zero-order valence-corrected chi connectivity index (χ0v) is 16.3. The molecule has 0 aliphatic heterocycles. The van der Waals surface area contributed by atoms with E-state index in [1.165, 1.54) is 29.4 Å². The Kier molecular flexibility index (Phi) is 5.27. The van der Waals surface area contributed by atoms with Crippen LogP contribution in [0.4, 0.5) is 0 Å². The van der Waals surface area contributed by atoms with Crippen LogP contribution in [0, 0.1) is 0 Å². The normalized spacial score (nSPS) is 17.1. The molecule has 2 aromatic carbocycles. The van der Waals surface area contributed by atoms with Gasteiger partial charge in [0.15, 0.2) is 0 Å². The number of benzene rings is 2. The molecular formula is C25H25NO2. The fourth-order valence-corrected chi connectivity index (χ4v) is 4.22. The topological polar surface area (TPSA) is 29.5 Å². The summed E-state index contributed by atoms with van der Waals surface area (Å²) in [5.41, 5.74) is 4.75. The van der Waals surface area contributed by atoms with Gasteiger partial charge >= 0.3 is 5.97 Å². The number of carbonyl (C=O) groups excluding carboxylic acids is 1. The van der Waals surface area contributed by atoms with Crippen LogP contribution in [0.25, 0.3) is 12.2 Å². The Labute approximate surface area is 166 Å². The minimum atomic E-state index is -0.397. The van der Waals surface area contributed by atoms with Crippen LogP contribution in [0.1, 0.15) is 41.6 Å². The number of hydrogen-bond acceptors (Lipinski definition) is 3. The summed E-state index contributed by atoms with van der Waals surface area (Å²) in [6.45, 7) is 1.94. The lowest BCUT2D eigenvalue weighted by Crippen LogP contribution is -2.47. The van der Waals surface area contributed by atoms with Gasteiger partial charge < -0.3 is 4.74 Å². The fraction of sp³-hybridized carbons (Fsp3) is 0.240. The first kappa shape index (κ1) is 18.5. The van der Waals surface area contributed by atoms with Gasteiger partial charge in [0.2, 0.25) is 0 Å². The summed E-state index contributed by atoms with van der Waals surface area (Å²) in [5.74, 6) is -0.223. The molecule has 0 saturated heterocycles. The second-order valence-electron chi connectivity index (χ2n) is 7.22. The van der Waals surface area contributed by atoms with Gasteiger partial charge in [-0.25, -0.2) is 0 Å². The highest BCUT2D eigenvalue weighted by Gasteiger charge is 2.36. The summed E-state index contributed by atoms with van der Waals surface area (Å²) in [5, 5.41) is 0. The molecule has 0 spiro atoms. The van der Waals surface area contributed by atoms with Crippen LogP contribution in [0.2, 0.25) is 0 Å². The Balaban J connectivity index is 1.93. The van der Waals surface area contributed by atoms with Crippen LogP contribution in [0.15, 0.2) is 72.8 Å². The predicted octanol–water partition coefficient (Wildman–Crippen LogP) is 5.01. The SMILES string of the molecule is COC(=O)[C@H](C)N(C1C=CCC=C1)C1c2ccccc2C=Cc2ccccc21. The summed E-state index contributed by atoms with van der Waals surface area (Å²) in [4.78, 5) is 14.9. The molecule has 142 valence electrons. The molecule has 0 bridgehead atoms. The van der Waals surface area contributed by atoms with Crippen molar-refractivity contribution < 1.29 is 9.53 Å². The molecule has 0 heterocycles. The smallest absolute Gasteiger partial charge is 0.322 e. The maximum atomic E-state index is 12.6. The van der Waals surface area contributed by atoms with Crippen LogP contribution >= 0.6 is 0 Å². The van der Waals surface area contributed by atoms with Crippen molar-refractivity contribution in [3.63, 3.8) is 0 Å². The van der Waals surface area contributed by atoms with E-state index >= 15 is 0 Å². The highest BCUT2D eigenvalue weighted by molar-refractivity contribution is 5.78. The molecule has 2 aliphatic carbocycles. The Morgan fingerprint density at radius 2 is 1.50 bits per heavy atom. The number of ether oxygens (including phenoxy) is 1. The quantitative estimate of drug-likeness (QED) is 0.559. The van der Waals surface area contributed by atoms with Crippen LogP contribution in [-0.4, -0.2) is 30.1 Å². The third kappa shape index (κ3) is 3.34. The molecule has 2 aliphatic rings. The number of carbonyl (C=O) groups is 1. The van der Waals surface area contributed by atoms with Crippen molar-refractivity contribution in [2.45, 2.75) is 31.5 Å². The zero-order chi connectivity index (χ0) is 19.5. The molecule has 0 radical (unpaired) electrons. The largest absolute Gasteiger partial charge is 0.468 e. The molecule has 1 atom stereocenters. The lowest BCUT2D eigenvalue weighted by Gasteiger charge is -2.40. The van der Waals surface area contributed by atoms with Gasteiger partial charge in [0.1, 0.15) is 6.04 Å². The van der Waals surface area contributed by atoms with Gasteiger partial charge in [0, 0.05) is 6.04 Å². The van der Waals surface area contributed by atoms with E-state index in [4.69, 9.17) is 4.74 Å². The second-order valence-corrected chi connectivity index (χ2v) is 7.22. The van der Waals surface area contributed by atoms with Crippen LogP contribution in [0.5, 0.6) is 0 Å². The maximum absolute atomic E-state index is 12.6. The van der Waals surface area contributed by atoms with Crippen molar-refractivity contribution in [3.05, 3.63) is 95.1 Å². The van der Waals surface area contributed by atoms with E-state index in [9.17, 15) is 4.79 Å². The molecule has 0 saturated carbocycles. The van der Waals surface area contributed by atoms with Crippen molar-refractivity contribution in [2.75, 3.05) is 7.11 Å². The molecule has 0 unspecified atom stereocenters. The van der Waals surface area contributed by atoms with Crippen LogP contribution in [0.3, 0.4) is 0 Å². The molecule has 0 N–H and O–H groups in total. The molecule has 3 nitrogen and oxygen atoms in total. The van der Waals surface area contributed by atoms with Gasteiger partial charge in [-0.2, -0.15) is 0 Å². The van der Waals surface area contributed by atoms with E-state index in [0.29, 0.717) is 0 Å². The molecule has 2 aromatic rings. The first-order valence-electron chi connectivity index (χ1n) is 9.75. The fourth-order valence-electron chi connectivity index (χ4n) is 4.22. The number of rotatable bonds is 4. The molecular weight excluding hydrogens is 346 g/mol. The summed E-state index contributed by atoms with van der Waals surface area (Å²) < 4.78 is 5.14. The van der Waals surface area contributed by atoms with Gasteiger partial charge in [0.25, 0.3) is 0 Å². The summed E-state index contributed by atoms with van der Waals surface area (Å²) in [6, 6.07) is 16.4. The molecule has 0 fully saturated rings. The van der Waals surface area contributed by atoms with Crippen molar-refractivity contribution in [3.8, 4) is 0 Å². The van der Waals surface area contributed by atoms with Crippen molar-refractivity contribution in [1.82, 2.24) is 4.90 Å². The number of hydrogen-bond donors (Lipinski definition) is 0. The molecule has 0 aromatic heterocycles. The monoisotopic (exact) mass is 371 g/mol. The Morgan fingerprint density at radius 1 is 0.964 bits per heavy atom. The third-order valence-electron chi connectivity index (χ3n) is 5.59. The minimum Gasteiger partial charge on any atom is -0.468 e. The summed E-state index contributed by atoms with van der Waals surface area (Å²) in [7, 11) is 1.46. The van der Waals surface area contributed by atoms with E-state index in [0.717, 1.165) is 6.42 Å². The number of methoxy groups -OCH3 is 1. The predicted molar refractivity (Wildman–Crippen MR) is 114 cm³/mol. The van der Waals surface area contributed by atoms with E-state index in [1.54, 1.807) is 0 Å². The molecule has 3 heteroatoms. The summed E-state index contributed by atoms with van der Waals surface area (Å²) in [6.07, 6.45) is 14.0. The van der Waals surface area contributed by atoms with Crippen molar-refractivity contribution >= 4 is 18.1 Å². The average Bonchev–Trinajstić information content (AvgIpc) is 2.92. The number of allylic oxidation sites excluding steroid dienone is 2. The van der Waals surface area contributed by atoms with E-state index < -0.39 is 6.04 Å². The molecule has 28 heavy (non-hydrogen) atoms. The van der Waals surface area contributed by atoms with Gasteiger partial charge in [-0.15, -0.1) is 0 Å². The standard InChI is InChI=1S/C25H25NO2/c1-18(25(27)28-2)26(21-12-4-3-5-13-21)24-22-14-8-6-10-19(22)16-17-20-11-7-9-15-23(20)24/h4-18,21,24H,3H2,1-2H3/t18-/m0/s1. The number of fused-ring (bicyclic) bond motifs is 2. The van der Waals surface area contributed by atoms with E-state index in [-0.39, 0.29) is 18.1 Å². The highest BCUT2D eigenvalue weighted by atomic mass is 16.5. The van der Waals surface area contributed by atoms with Gasteiger partial charge in [-0.3, -0.25) is 9.69 Å². The van der Waals surface area contributed by atoms with Crippen LogP contribution < -0.4 is 0 Å². The Bertz CT molecular complexity index is 895. The first-order valence-corrected chi connectivity index (χ1v) is 9.75.